The zero-order valence-corrected chi connectivity index (χ0v) is 11.4. The maximum atomic E-state index is 12.1. The Morgan fingerprint density at radius 2 is 2.22 bits per heavy atom. The third-order valence-corrected chi connectivity index (χ3v) is 3.90. The molecule has 1 aromatic heterocycles. The Bertz CT molecular complexity index is 422. The van der Waals surface area contributed by atoms with E-state index in [-0.39, 0.29) is 17.1 Å². The van der Waals surface area contributed by atoms with Crippen molar-refractivity contribution >= 4 is 17.5 Å². The Kier molecular flexibility index (Phi) is 4.59. The van der Waals surface area contributed by atoms with Crippen molar-refractivity contribution < 1.29 is 4.79 Å². The Hall–Kier alpha value is -1.09. The quantitative estimate of drug-likeness (QED) is 0.658. The fourth-order valence-corrected chi connectivity index (χ4v) is 2.66. The van der Waals surface area contributed by atoms with Crippen LogP contribution < -0.4 is 5.32 Å². The Morgan fingerprint density at radius 1 is 1.39 bits per heavy atom. The van der Waals surface area contributed by atoms with Gasteiger partial charge in [0.15, 0.2) is 0 Å². The van der Waals surface area contributed by atoms with Crippen LogP contribution in [-0.4, -0.2) is 16.9 Å². The van der Waals surface area contributed by atoms with Gasteiger partial charge in [0.05, 0.1) is 5.56 Å². The van der Waals surface area contributed by atoms with Crippen molar-refractivity contribution in [2.24, 2.45) is 5.92 Å². The van der Waals surface area contributed by atoms with Crippen LogP contribution in [0, 0.1) is 5.92 Å². The van der Waals surface area contributed by atoms with E-state index in [0.29, 0.717) is 5.56 Å². The van der Waals surface area contributed by atoms with Crippen LogP contribution in [0.25, 0.3) is 0 Å². The van der Waals surface area contributed by atoms with E-state index in [1.807, 2.05) is 0 Å². The lowest BCUT2D eigenvalue weighted by Gasteiger charge is -2.16. The highest BCUT2D eigenvalue weighted by Gasteiger charge is 2.19. The topological polar surface area (TPSA) is 42.0 Å². The van der Waals surface area contributed by atoms with E-state index in [0.717, 1.165) is 18.8 Å². The summed E-state index contributed by atoms with van der Waals surface area (Å²) in [5, 5.41) is 3.35. The third kappa shape index (κ3) is 3.45. The number of amides is 1. The lowest BCUT2D eigenvalue weighted by molar-refractivity contribution is 0.0933. The summed E-state index contributed by atoms with van der Waals surface area (Å²) in [5.74, 6) is 0.668. The first-order valence-corrected chi connectivity index (χ1v) is 6.96. The van der Waals surface area contributed by atoms with Gasteiger partial charge in [-0.2, -0.15) is 0 Å². The third-order valence-electron chi connectivity index (χ3n) is 3.60. The normalized spacial score (nSPS) is 24.3. The summed E-state index contributed by atoms with van der Waals surface area (Å²) in [5.41, 5.74) is 0.469. The highest BCUT2D eigenvalue weighted by Crippen LogP contribution is 2.23. The first kappa shape index (κ1) is 13.3. The molecule has 1 fully saturated rings. The van der Waals surface area contributed by atoms with Crippen molar-refractivity contribution in [1.29, 1.82) is 0 Å². The van der Waals surface area contributed by atoms with E-state index in [9.17, 15) is 4.79 Å². The predicted octanol–water partition coefficient (Wildman–Crippen LogP) is 3.43. The molecule has 2 rings (SSSR count). The van der Waals surface area contributed by atoms with Crippen molar-refractivity contribution in [2.45, 2.75) is 45.1 Å². The first-order chi connectivity index (χ1) is 8.66. The summed E-state index contributed by atoms with van der Waals surface area (Å²) in [6.45, 7) is 2.28. The monoisotopic (exact) mass is 266 g/mol. The summed E-state index contributed by atoms with van der Waals surface area (Å²) < 4.78 is 0. The minimum atomic E-state index is -0.104. The molecular formula is C14H19ClN2O. The van der Waals surface area contributed by atoms with Gasteiger partial charge in [-0.15, -0.1) is 0 Å². The lowest BCUT2D eigenvalue weighted by Crippen LogP contribution is -2.34. The minimum Gasteiger partial charge on any atom is -0.349 e. The smallest absolute Gasteiger partial charge is 0.254 e. The number of halogens is 1. The molecule has 18 heavy (non-hydrogen) atoms. The second-order valence-corrected chi connectivity index (χ2v) is 5.48. The Balaban J connectivity index is 1.97. The molecule has 1 saturated carbocycles. The van der Waals surface area contributed by atoms with Gasteiger partial charge in [0, 0.05) is 12.2 Å². The zero-order valence-electron chi connectivity index (χ0n) is 10.7. The van der Waals surface area contributed by atoms with Crippen LogP contribution in [0.5, 0.6) is 0 Å². The molecule has 4 heteroatoms. The van der Waals surface area contributed by atoms with Gasteiger partial charge in [-0.1, -0.05) is 31.4 Å². The number of nitrogens with zero attached hydrogens (tertiary/aromatic N) is 1. The van der Waals surface area contributed by atoms with E-state index in [4.69, 9.17) is 11.6 Å². The van der Waals surface area contributed by atoms with E-state index in [1.165, 1.54) is 19.3 Å². The van der Waals surface area contributed by atoms with Gasteiger partial charge in [0.2, 0.25) is 0 Å². The molecule has 1 aliphatic rings. The molecule has 0 aromatic carbocycles. The summed E-state index contributed by atoms with van der Waals surface area (Å²) in [4.78, 5) is 16.0. The molecule has 98 valence electrons. The van der Waals surface area contributed by atoms with Crippen LogP contribution >= 0.6 is 11.6 Å². The summed E-state index contributed by atoms with van der Waals surface area (Å²) in [7, 11) is 0. The molecule has 1 amide bonds. The van der Waals surface area contributed by atoms with Gasteiger partial charge < -0.3 is 5.32 Å². The maximum absolute atomic E-state index is 12.1. The Labute approximate surface area is 113 Å². The first-order valence-electron chi connectivity index (χ1n) is 6.58. The van der Waals surface area contributed by atoms with Crippen LogP contribution in [0.3, 0.4) is 0 Å². The Morgan fingerprint density at radius 3 is 3.00 bits per heavy atom. The standard InChI is InChI=1S/C14H19ClN2O/c1-10-4-2-5-11(8-7-10)17-14(18)12-6-3-9-16-13(12)15/h3,6,9-11H,2,4-5,7-8H2,1H3,(H,17,18). The molecule has 3 nitrogen and oxygen atoms in total. The number of rotatable bonds is 2. The molecule has 1 aliphatic carbocycles. The largest absolute Gasteiger partial charge is 0.349 e. The molecule has 2 atom stereocenters. The van der Waals surface area contributed by atoms with Crippen LogP contribution in [-0.2, 0) is 0 Å². The fraction of sp³-hybridized carbons (Fsp3) is 0.571. The maximum Gasteiger partial charge on any atom is 0.254 e. The number of pyridine rings is 1. The van der Waals surface area contributed by atoms with Crippen LogP contribution in [0.1, 0.15) is 49.4 Å². The average Bonchev–Trinajstić information content (AvgIpc) is 2.55. The van der Waals surface area contributed by atoms with E-state index >= 15 is 0 Å². The number of aromatic nitrogens is 1. The molecule has 0 bridgehead atoms. The highest BCUT2D eigenvalue weighted by molar-refractivity contribution is 6.32. The minimum absolute atomic E-state index is 0.104. The number of nitrogens with one attached hydrogen (secondary N) is 1. The lowest BCUT2D eigenvalue weighted by atomic mass is 10.0. The van der Waals surface area contributed by atoms with E-state index < -0.39 is 0 Å². The summed E-state index contributed by atoms with van der Waals surface area (Å²) in [6, 6.07) is 3.72. The number of hydrogen-bond acceptors (Lipinski definition) is 2. The number of carbonyl (C=O) groups excluding carboxylic acids is 1. The molecular weight excluding hydrogens is 248 g/mol. The molecule has 1 N–H and O–H groups in total. The molecule has 0 saturated heterocycles. The molecule has 1 aromatic rings. The van der Waals surface area contributed by atoms with Crippen molar-refractivity contribution in [3.63, 3.8) is 0 Å². The highest BCUT2D eigenvalue weighted by atomic mass is 35.5. The van der Waals surface area contributed by atoms with Gasteiger partial charge >= 0.3 is 0 Å². The van der Waals surface area contributed by atoms with Crippen molar-refractivity contribution in [2.75, 3.05) is 0 Å². The molecule has 1 heterocycles. The number of carbonyl (C=O) groups is 1. The van der Waals surface area contributed by atoms with Crippen molar-refractivity contribution in [3.05, 3.63) is 29.0 Å². The van der Waals surface area contributed by atoms with Crippen LogP contribution in [0.2, 0.25) is 5.15 Å². The van der Waals surface area contributed by atoms with Gasteiger partial charge in [0.25, 0.3) is 5.91 Å². The van der Waals surface area contributed by atoms with Crippen LogP contribution in [0.4, 0.5) is 0 Å². The summed E-state index contributed by atoms with van der Waals surface area (Å²) in [6.07, 6.45) is 7.35. The molecule has 0 radical (unpaired) electrons. The second kappa shape index (κ2) is 6.19. The zero-order chi connectivity index (χ0) is 13.0. The SMILES string of the molecule is CC1CCCC(NC(=O)c2cccnc2Cl)CC1. The number of hydrogen-bond donors (Lipinski definition) is 1. The van der Waals surface area contributed by atoms with E-state index in [1.54, 1.807) is 18.3 Å². The fourth-order valence-electron chi connectivity index (χ4n) is 2.45. The average molecular weight is 267 g/mol. The second-order valence-electron chi connectivity index (χ2n) is 5.13. The predicted molar refractivity (Wildman–Crippen MR) is 72.8 cm³/mol. The summed E-state index contributed by atoms with van der Waals surface area (Å²) >= 11 is 5.92. The van der Waals surface area contributed by atoms with Crippen molar-refractivity contribution in [1.82, 2.24) is 10.3 Å². The van der Waals surface area contributed by atoms with Gasteiger partial charge in [-0.05, 0) is 37.3 Å². The van der Waals surface area contributed by atoms with Crippen molar-refractivity contribution in [3.8, 4) is 0 Å². The van der Waals surface area contributed by atoms with Gasteiger partial charge in [-0.25, -0.2) is 4.98 Å². The molecule has 0 spiro atoms. The van der Waals surface area contributed by atoms with Crippen LogP contribution in [0.15, 0.2) is 18.3 Å². The molecule has 2 unspecified atom stereocenters. The van der Waals surface area contributed by atoms with E-state index in [2.05, 4.69) is 17.2 Å². The van der Waals surface area contributed by atoms with Gasteiger partial charge in [-0.3, -0.25) is 4.79 Å². The van der Waals surface area contributed by atoms with Gasteiger partial charge in [0.1, 0.15) is 5.15 Å². The molecule has 0 aliphatic heterocycles.